The van der Waals surface area contributed by atoms with Crippen molar-refractivity contribution in [1.29, 1.82) is 0 Å². The highest BCUT2D eigenvalue weighted by atomic mass is 16.2. The van der Waals surface area contributed by atoms with Gasteiger partial charge in [-0.05, 0) is 61.9 Å². The number of carbonyl (C=O) groups is 3. The van der Waals surface area contributed by atoms with Crippen LogP contribution in [0.1, 0.15) is 41.6 Å². The molecule has 9 nitrogen and oxygen atoms in total. The van der Waals surface area contributed by atoms with Gasteiger partial charge in [-0.2, -0.15) is 4.98 Å². The number of hydrogen-bond acceptors (Lipinski definition) is 5. The first-order valence-corrected chi connectivity index (χ1v) is 12.9. The summed E-state index contributed by atoms with van der Waals surface area (Å²) < 4.78 is 1.71. The van der Waals surface area contributed by atoms with E-state index in [9.17, 15) is 14.4 Å². The predicted molar refractivity (Wildman–Crippen MR) is 144 cm³/mol. The molecule has 38 heavy (non-hydrogen) atoms. The van der Waals surface area contributed by atoms with Crippen molar-refractivity contribution in [3.8, 4) is 11.3 Å². The number of fused-ring (bicyclic) bond motifs is 1. The van der Waals surface area contributed by atoms with Gasteiger partial charge < -0.3 is 11.1 Å². The molecule has 0 bridgehead atoms. The lowest BCUT2D eigenvalue weighted by Gasteiger charge is -2.07. The van der Waals surface area contributed by atoms with Gasteiger partial charge in [-0.25, -0.2) is 4.52 Å². The number of nitrogens with two attached hydrogens (primary N) is 1. The van der Waals surface area contributed by atoms with Crippen molar-refractivity contribution < 1.29 is 14.4 Å². The maximum Gasteiger partial charge on any atom is 0.251 e. The van der Waals surface area contributed by atoms with Gasteiger partial charge in [0.1, 0.15) is 0 Å². The van der Waals surface area contributed by atoms with Gasteiger partial charge in [0.05, 0.1) is 5.69 Å². The van der Waals surface area contributed by atoms with Crippen LogP contribution in [0.3, 0.4) is 0 Å². The van der Waals surface area contributed by atoms with E-state index in [1.54, 1.807) is 16.6 Å². The first kappa shape index (κ1) is 25.1. The molecular formula is C29H30N6O3. The van der Waals surface area contributed by atoms with E-state index in [0.717, 1.165) is 43.4 Å². The zero-order valence-corrected chi connectivity index (χ0v) is 21.0. The van der Waals surface area contributed by atoms with Crippen LogP contribution >= 0.6 is 0 Å². The monoisotopic (exact) mass is 510 g/mol. The zero-order valence-electron chi connectivity index (χ0n) is 21.0. The van der Waals surface area contributed by atoms with E-state index in [2.05, 4.69) is 32.8 Å². The van der Waals surface area contributed by atoms with E-state index in [0.29, 0.717) is 23.7 Å². The van der Waals surface area contributed by atoms with Crippen LogP contribution in [0.15, 0.2) is 72.8 Å². The Hall–Kier alpha value is -4.53. The maximum absolute atomic E-state index is 12.5. The maximum atomic E-state index is 12.5. The third kappa shape index (κ3) is 6.42. The molecule has 2 fully saturated rings. The van der Waals surface area contributed by atoms with Crippen molar-refractivity contribution in [3.63, 3.8) is 0 Å². The first-order valence-electron chi connectivity index (χ1n) is 12.9. The second-order valence-electron chi connectivity index (χ2n) is 9.63. The summed E-state index contributed by atoms with van der Waals surface area (Å²) in [6.45, 7) is 0.582. The Balaban J connectivity index is 0.000000433. The van der Waals surface area contributed by atoms with Gasteiger partial charge in [-0.1, -0.05) is 48.5 Å². The lowest BCUT2D eigenvalue weighted by molar-refractivity contribution is -0.119. The number of aromatic nitrogens is 3. The van der Waals surface area contributed by atoms with E-state index in [1.807, 2.05) is 48.5 Å². The fourth-order valence-corrected chi connectivity index (χ4v) is 3.96. The Morgan fingerprint density at radius 2 is 1.58 bits per heavy atom. The second kappa shape index (κ2) is 11.2. The van der Waals surface area contributed by atoms with E-state index in [-0.39, 0.29) is 29.6 Å². The Morgan fingerprint density at radius 1 is 0.868 bits per heavy atom. The van der Waals surface area contributed by atoms with Crippen molar-refractivity contribution in [3.05, 3.63) is 83.9 Å². The second-order valence-corrected chi connectivity index (χ2v) is 9.63. The minimum atomic E-state index is -0.130. The molecule has 6 rings (SSSR count). The topological polar surface area (TPSA) is 131 Å². The molecule has 9 heteroatoms. The SMILES string of the molecule is NC(=O)C1CC1.O=C(NCCc1ccccc1)c1ccc(-c2cccc3nc(NC(=O)C4CC4)nn23)cc1. The van der Waals surface area contributed by atoms with Crippen molar-refractivity contribution >= 4 is 29.3 Å². The highest BCUT2D eigenvalue weighted by molar-refractivity contribution is 5.94. The number of hydrogen-bond donors (Lipinski definition) is 3. The van der Waals surface area contributed by atoms with Crippen LogP contribution < -0.4 is 16.4 Å². The standard InChI is InChI=1S/C25H23N5O2.C4H7NO/c31-23(26-16-15-17-5-2-1-3-6-17)19-11-9-18(10-12-19)21-7-4-8-22-27-25(29-30(21)22)28-24(32)20-13-14-20;5-4(6)3-1-2-3/h1-12,20H,13-16H2,(H,26,31)(H,28,29,32);3H,1-2H2,(H2,5,6). The van der Waals surface area contributed by atoms with Crippen LogP contribution in [-0.4, -0.2) is 38.9 Å². The molecule has 2 heterocycles. The molecule has 2 aromatic heterocycles. The molecule has 2 saturated carbocycles. The summed E-state index contributed by atoms with van der Waals surface area (Å²) in [5.74, 6) is 0.387. The zero-order chi connectivity index (χ0) is 26.5. The van der Waals surface area contributed by atoms with Gasteiger partial charge in [0.2, 0.25) is 17.8 Å². The molecule has 4 aromatic rings. The molecule has 0 atom stereocenters. The number of nitrogens with one attached hydrogen (secondary N) is 2. The summed E-state index contributed by atoms with van der Waals surface area (Å²) in [5.41, 5.74) is 9.04. The third-order valence-electron chi connectivity index (χ3n) is 6.51. The fraction of sp³-hybridized carbons (Fsp3) is 0.276. The number of carbonyl (C=O) groups excluding carboxylic acids is 3. The minimum Gasteiger partial charge on any atom is -0.369 e. The summed E-state index contributed by atoms with van der Waals surface area (Å²) >= 11 is 0. The predicted octanol–water partition coefficient (Wildman–Crippen LogP) is 3.60. The van der Waals surface area contributed by atoms with Gasteiger partial charge in [0.25, 0.3) is 5.91 Å². The Labute approximate surface area is 220 Å². The molecule has 2 aliphatic rings. The quantitative estimate of drug-likeness (QED) is 0.333. The van der Waals surface area contributed by atoms with Crippen LogP contribution in [0.4, 0.5) is 5.95 Å². The molecule has 2 aliphatic carbocycles. The summed E-state index contributed by atoms with van der Waals surface area (Å²) in [6, 6.07) is 23.1. The van der Waals surface area contributed by atoms with Gasteiger partial charge in [0.15, 0.2) is 5.65 Å². The molecule has 194 valence electrons. The molecule has 3 amide bonds. The smallest absolute Gasteiger partial charge is 0.251 e. The van der Waals surface area contributed by atoms with Gasteiger partial charge in [-0.3, -0.25) is 19.7 Å². The van der Waals surface area contributed by atoms with E-state index in [1.165, 1.54) is 5.56 Å². The van der Waals surface area contributed by atoms with E-state index in [4.69, 9.17) is 5.73 Å². The average Bonchev–Trinajstić information content (AvgIpc) is 3.85. The van der Waals surface area contributed by atoms with Crippen LogP contribution in [-0.2, 0) is 16.0 Å². The summed E-state index contributed by atoms with van der Waals surface area (Å²) in [7, 11) is 0. The minimum absolute atomic E-state index is 0.0231. The molecule has 4 N–H and O–H groups in total. The number of benzene rings is 2. The largest absolute Gasteiger partial charge is 0.369 e. The molecule has 0 aliphatic heterocycles. The van der Waals surface area contributed by atoms with E-state index >= 15 is 0 Å². The average molecular weight is 511 g/mol. The molecule has 2 aromatic carbocycles. The summed E-state index contributed by atoms with van der Waals surface area (Å²) in [6.07, 6.45) is 4.69. The molecule has 0 saturated heterocycles. The van der Waals surface area contributed by atoms with Gasteiger partial charge in [0, 0.05) is 29.5 Å². The summed E-state index contributed by atoms with van der Waals surface area (Å²) in [4.78, 5) is 38.9. The van der Waals surface area contributed by atoms with Gasteiger partial charge >= 0.3 is 0 Å². The number of nitrogens with zero attached hydrogens (tertiary/aromatic N) is 3. The number of primary amides is 1. The molecule has 0 unspecified atom stereocenters. The van der Waals surface area contributed by atoms with Crippen LogP contribution in [0, 0.1) is 11.8 Å². The number of anilines is 1. The van der Waals surface area contributed by atoms with Crippen LogP contribution in [0.25, 0.3) is 16.9 Å². The highest BCUT2D eigenvalue weighted by Crippen LogP contribution is 2.30. The number of rotatable bonds is 8. The first-order chi connectivity index (χ1) is 18.5. The highest BCUT2D eigenvalue weighted by Gasteiger charge is 2.30. The fourth-order valence-electron chi connectivity index (χ4n) is 3.96. The molecule has 0 spiro atoms. The third-order valence-corrected chi connectivity index (χ3v) is 6.51. The number of amides is 3. The lowest BCUT2D eigenvalue weighted by Crippen LogP contribution is -2.25. The van der Waals surface area contributed by atoms with Crippen LogP contribution in [0.5, 0.6) is 0 Å². The van der Waals surface area contributed by atoms with Gasteiger partial charge in [-0.15, -0.1) is 5.10 Å². The van der Waals surface area contributed by atoms with E-state index < -0.39 is 0 Å². The Bertz CT molecular complexity index is 1440. The van der Waals surface area contributed by atoms with Crippen molar-refractivity contribution in [2.75, 3.05) is 11.9 Å². The number of pyridine rings is 1. The Morgan fingerprint density at radius 3 is 2.21 bits per heavy atom. The lowest BCUT2D eigenvalue weighted by atomic mass is 10.1. The molecule has 0 radical (unpaired) electrons. The van der Waals surface area contributed by atoms with Crippen LogP contribution in [0.2, 0.25) is 0 Å². The van der Waals surface area contributed by atoms with Crippen molar-refractivity contribution in [1.82, 2.24) is 19.9 Å². The van der Waals surface area contributed by atoms with Crippen molar-refractivity contribution in [2.45, 2.75) is 32.1 Å². The molecular weight excluding hydrogens is 480 g/mol. The summed E-state index contributed by atoms with van der Waals surface area (Å²) in [5, 5.41) is 10.2. The normalized spacial score (nSPS) is 14.3. The Kier molecular flexibility index (Phi) is 7.44. The van der Waals surface area contributed by atoms with Crippen molar-refractivity contribution in [2.24, 2.45) is 17.6 Å².